The molecule has 3 saturated heterocycles. The van der Waals surface area contributed by atoms with E-state index < -0.39 is 5.60 Å². The highest BCUT2D eigenvalue weighted by molar-refractivity contribution is 5.88. The highest BCUT2D eigenvalue weighted by Crippen LogP contribution is 2.37. The lowest BCUT2D eigenvalue weighted by Crippen LogP contribution is -2.57. The largest absolute Gasteiger partial charge is 0.380 e. The first kappa shape index (κ1) is 20.7. The van der Waals surface area contributed by atoms with E-state index >= 15 is 0 Å². The number of amides is 2. The molecule has 0 bridgehead atoms. The van der Waals surface area contributed by atoms with Crippen LogP contribution in [0.2, 0.25) is 0 Å². The van der Waals surface area contributed by atoms with Gasteiger partial charge in [-0.05, 0) is 76.8 Å². The first-order valence-electron chi connectivity index (χ1n) is 12.3. The fourth-order valence-corrected chi connectivity index (χ4v) is 6.29. The summed E-state index contributed by atoms with van der Waals surface area (Å²) in [5.41, 5.74) is -1.09. The van der Waals surface area contributed by atoms with Crippen LogP contribution in [0.1, 0.15) is 57.8 Å². The van der Waals surface area contributed by atoms with Gasteiger partial charge in [-0.3, -0.25) is 14.5 Å². The van der Waals surface area contributed by atoms with Crippen molar-refractivity contribution >= 4 is 11.8 Å². The van der Waals surface area contributed by atoms with E-state index in [0.717, 1.165) is 31.6 Å². The van der Waals surface area contributed by atoms with Gasteiger partial charge >= 0.3 is 0 Å². The molecule has 7 heteroatoms. The monoisotopic (exact) mass is 418 g/mol. The van der Waals surface area contributed by atoms with Crippen molar-refractivity contribution in [2.45, 2.75) is 75.5 Å². The number of nitrogens with zero attached hydrogens (tertiary/aromatic N) is 3. The summed E-state index contributed by atoms with van der Waals surface area (Å²) in [6.45, 7) is 5.94. The predicted molar refractivity (Wildman–Crippen MR) is 114 cm³/mol. The molecule has 2 atom stereocenters. The number of likely N-dealkylation sites (tertiary alicyclic amines) is 1. The zero-order valence-electron chi connectivity index (χ0n) is 18.2. The molecule has 7 nitrogen and oxygen atoms in total. The summed E-state index contributed by atoms with van der Waals surface area (Å²) in [6, 6.07) is 1.33. The van der Waals surface area contributed by atoms with Gasteiger partial charge in [0.25, 0.3) is 5.91 Å². The van der Waals surface area contributed by atoms with Gasteiger partial charge in [0.05, 0.1) is 0 Å². The number of hydrogen-bond donors (Lipinski definition) is 2. The summed E-state index contributed by atoms with van der Waals surface area (Å²) >= 11 is 0. The Bertz CT molecular complexity index is 651. The molecule has 168 valence electrons. The van der Waals surface area contributed by atoms with Gasteiger partial charge in [-0.2, -0.15) is 0 Å². The van der Waals surface area contributed by atoms with E-state index in [4.69, 9.17) is 0 Å². The average Bonchev–Trinajstić information content (AvgIpc) is 3.56. The predicted octanol–water partition coefficient (Wildman–Crippen LogP) is 0.815. The molecule has 2 saturated carbocycles. The highest BCUT2D eigenvalue weighted by atomic mass is 16.3. The van der Waals surface area contributed by atoms with Gasteiger partial charge in [-0.15, -0.1) is 0 Å². The van der Waals surface area contributed by atoms with E-state index in [1.165, 1.54) is 38.9 Å². The van der Waals surface area contributed by atoms with E-state index in [-0.39, 0.29) is 11.8 Å². The number of piperidine rings is 2. The van der Waals surface area contributed by atoms with Crippen LogP contribution in [-0.4, -0.2) is 95.1 Å². The van der Waals surface area contributed by atoms with Crippen LogP contribution in [0.25, 0.3) is 0 Å². The fraction of sp³-hybridized carbons (Fsp3) is 0.913. The smallest absolute Gasteiger partial charge is 0.254 e. The minimum Gasteiger partial charge on any atom is -0.380 e. The minimum atomic E-state index is -1.09. The molecule has 5 fully saturated rings. The molecule has 0 aromatic rings. The van der Waals surface area contributed by atoms with E-state index in [1.54, 1.807) is 4.90 Å². The molecule has 3 heterocycles. The number of carbonyl (C=O) groups excluding carboxylic acids is 2. The molecule has 2 N–H and O–H groups in total. The van der Waals surface area contributed by atoms with Crippen molar-refractivity contribution in [1.29, 1.82) is 0 Å². The molecule has 3 aliphatic heterocycles. The van der Waals surface area contributed by atoms with Crippen molar-refractivity contribution in [3.05, 3.63) is 0 Å². The number of rotatable bonds is 3. The number of aliphatic hydroxyl groups is 1. The van der Waals surface area contributed by atoms with E-state index in [0.29, 0.717) is 57.0 Å². The Balaban J connectivity index is 1.07. The molecule has 5 rings (SSSR count). The molecule has 0 spiro atoms. The van der Waals surface area contributed by atoms with Crippen molar-refractivity contribution in [2.75, 3.05) is 45.8 Å². The number of nitrogens with one attached hydrogen (secondary N) is 1. The second-order valence-electron chi connectivity index (χ2n) is 10.4. The second kappa shape index (κ2) is 8.40. The first-order valence-corrected chi connectivity index (χ1v) is 12.3. The maximum atomic E-state index is 13.1. The molecule has 0 aromatic heterocycles. The Morgan fingerprint density at radius 1 is 0.867 bits per heavy atom. The zero-order chi connectivity index (χ0) is 20.7. The van der Waals surface area contributed by atoms with Gasteiger partial charge in [0.1, 0.15) is 5.60 Å². The van der Waals surface area contributed by atoms with Crippen LogP contribution < -0.4 is 5.32 Å². The summed E-state index contributed by atoms with van der Waals surface area (Å²) < 4.78 is 0. The molecule has 2 unspecified atom stereocenters. The summed E-state index contributed by atoms with van der Waals surface area (Å²) in [4.78, 5) is 31.8. The maximum absolute atomic E-state index is 13.1. The van der Waals surface area contributed by atoms with Crippen LogP contribution in [0.5, 0.6) is 0 Å². The van der Waals surface area contributed by atoms with Gasteiger partial charge in [-0.1, -0.05) is 0 Å². The SMILES string of the molecule is O=C(C1CCC(N2CCC3CCCNC3C2)CC1)N1CCN(C(=O)C2(O)CC2)CC1. The quantitative estimate of drug-likeness (QED) is 0.710. The Morgan fingerprint density at radius 3 is 2.27 bits per heavy atom. The fourth-order valence-electron chi connectivity index (χ4n) is 6.29. The number of hydrogen-bond acceptors (Lipinski definition) is 5. The number of piperazine rings is 1. The lowest BCUT2D eigenvalue weighted by atomic mass is 9.81. The van der Waals surface area contributed by atoms with E-state index in [9.17, 15) is 14.7 Å². The van der Waals surface area contributed by atoms with Gasteiger partial charge in [0.15, 0.2) is 0 Å². The molecule has 30 heavy (non-hydrogen) atoms. The number of fused-ring (bicyclic) bond motifs is 1. The van der Waals surface area contributed by atoms with Crippen LogP contribution >= 0.6 is 0 Å². The van der Waals surface area contributed by atoms with Gasteiger partial charge in [0.2, 0.25) is 5.91 Å². The molecule has 5 aliphatic rings. The molecule has 2 aliphatic carbocycles. The Labute approximate surface area is 180 Å². The molecular weight excluding hydrogens is 380 g/mol. The Kier molecular flexibility index (Phi) is 5.80. The van der Waals surface area contributed by atoms with Crippen molar-refractivity contribution in [3.8, 4) is 0 Å². The molecule has 0 aromatic carbocycles. The van der Waals surface area contributed by atoms with Gasteiger partial charge < -0.3 is 20.2 Å². The minimum absolute atomic E-state index is 0.133. The van der Waals surface area contributed by atoms with Crippen molar-refractivity contribution in [1.82, 2.24) is 20.0 Å². The normalized spacial score (nSPS) is 36.8. The zero-order valence-corrected chi connectivity index (χ0v) is 18.2. The van der Waals surface area contributed by atoms with Crippen molar-refractivity contribution in [2.24, 2.45) is 11.8 Å². The molecule has 0 radical (unpaired) electrons. The topological polar surface area (TPSA) is 76.1 Å². The second-order valence-corrected chi connectivity index (χ2v) is 10.4. The van der Waals surface area contributed by atoms with E-state index in [1.807, 2.05) is 4.90 Å². The third kappa shape index (κ3) is 4.13. The standard InChI is InChI=1S/C23H38N4O3/c28-21(25-12-14-26(15-13-25)22(29)23(30)8-9-23)18-3-5-19(6-4-18)27-11-7-17-2-1-10-24-20(17)16-27/h17-20,24,30H,1-16H2. The van der Waals surface area contributed by atoms with Crippen LogP contribution in [0.4, 0.5) is 0 Å². The number of carbonyl (C=O) groups is 2. The van der Waals surface area contributed by atoms with Crippen LogP contribution in [0.15, 0.2) is 0 Å². The summed E-state index contributed by atoms with van der Waals surface area (Å²) in [7, 11) is 0. The third-order valence-electron chi connectivity index (χ3n) is 8.51. The van der Waals surface area contributed by atoms with Crippen molar-refractivity contribution < 1.29 is 14.7 Å². The molecule has 2 amide bonds. The van der Waals surface area contributed by atoms with Gasteiger partial charge in [0, 0.05) is 50.7 Å². The maximum Gasteiger partial charge on any atom is 0.254 e. The third-order valence-corrected chi connectivity index (χ3v) is 8.51. The van der Waals surface area contributed by atoms with Gasteiger partial charge in [-0.25, -0.2) is 0 Å². The van der Waals surface area contributed by atoms with E-state index in [2.05, 4.69) is 10.2 Å². The van der Waals surface area contributed by atoms with Crippen LogP contribution in [0.3, 0.4) is 0 Å². The average molecular weight is 419 g/mol. The summed E-state index contributed by atoms with van der Waals surface area (Å²) in [5, 5.41) is 13.8. The Morgan fingerprint density at radius 2 is 1.57 bits per heavy atom. The molecular formula is C23H38N4O3. The summed E-state index contributed by atoms with van der Waals surface area (Å²) in [5.74, 6) is 1.19. The van der Waals surface area contributed by atoms with Crippen LogP contribution in [-0.2, 0) is 9.59 Å². The lowest BCUT2D eigenvalue weighted by molar-refractivity contribution is -0.148. The van der Waals surface area contributed by atoms with Crippen LogP contribution in [0, 0.1) is 11.8 Å². The summed E-state index contributed by atoms with van der Waals surface area (Å²) in [6.07, 6.45) is 9.50. The van der Waals surface area contributed by atoms with Crippen molar-refractivity contribution in [3.63, 3.8) is 0 Å². The first-order chi connectivity index (χ1) is 14.5. The lowest BCUT2D eigenvalue weighted by Gasteiger charge is -2.46. The highest BCUT2D eigenvalue weighted by Gasteiger charge is 2.50. The Hall–Kier alpha value is -1.18.